The molecule has 0 saturated carbocycles. The Morgan fingerprint density at radius 3 is 2.33 bits per heavy atom. The normalized spacial score (nSPS) is 15.8. The van der Waals surface area contributed by atoms with Crippen molar-refractivity contribution >= 4 is 21.7 Å². The Morgan fingerprint density at radius 1 is 1.04 bits per heavy atom. The van der Waals surface area contributed by atoms with Gasteiger partial charge in [0, 0.05) is 46.3 Å². The van der Waals surface area contributed by atoms with Crippen molar-refractivity contribution < 1.29 is 17.2 Å². The Bertz CT molecular complexity index is 944. The van der Waals surface area contributed by atoms with Crippen molar-refractivity contribution in [2.45, 2.75) is 11.8 Å². The van der Waals surface area contributed by atoms with Gasteiger partial charge in [-0.05, 0) is 25.1 Å². The largest absolute Gasteiger partial charge is 0.363 e. The number of nitrogens with zero attached hydrogens (tertiary/aromatic N) is 5. The summed E-state index contributed by atoms with van der Waals surface area (Å²) in [7, 11) is -0.343. The number of halogens is 2. The van der Waals surface area contributed by atoms with Crippen LogP contribution in [0.2, 0.25) is 0 Å². The fourth-order valence-corrected chi connectivity index (χ4v) is 4.40. The van der Waals surface area contributed by atoms with E-state index in [2.05, 4.69) is 9.97 Å². The Kier molecular flexibility index (Phi) is 5.29. The lowest BCUT2D eigenvalue weighted by molar-refractivity contribution is 0.380. The molecule has 2 heterocycles. The van der Waals surface area contributed by atoms with E-state index in [0.29, 0.717) is 30.8 Å². The summed E-state index contributed by atoms with van der Waals surface area (Å²) >= 11 is 0. The minimum Gasteiger partial charge on any atom is -0.363 e. The number of piperazine rings is 1. The van der Waals surface area contributed by atoms with Crippen molar-refractivity contribution in [1.82, 2.24) is 14.3 Å². The maximum absolute atomic E-state index is 13.9. The number of hydrogen-bond acceptors (Lipinski definition) is 6. The van der Waals surface area contributed by atoms with Crippen LogP contribution in [0.4, 0.5) is 20.4 Å². The van der Waals surface area contributed by atoms with Crippen LogP contribution in [0.1, 0.15) is 5.82 Å². The molecular weight excluding hydrogens is 376 g/mol. The number of rotatable bonds is 4. The minimum atomic E-state index is -4.10. The van der Waals surface area contributed by atoms with Gasteiger partial charge >= 0.3 is 0 Å². The molecule has 3 rings (SSSR count). The molecule has 0 aliphatic carbocycles. The van der Waals surface area contributed by atoms with Crippen LogP contribution in [-0.2, 0) is 10.0 Å². The summed E-state index contributed by atoms with van der Waals surface area (Å²) in [6.07, 6.45) is 0. The highest BCUT2D eigenvalue weighted by Crippen LogP contribution is 2.24. The first-order valence-corrected chi connectivity index (χ1v) is 9.85. The van der Waals surface area contributed by atoms with E-state index in [0.717, 1.165) is 18.0 Å². The highest BCUT2D eigenvalue weighted by Gasteiger charge is 2.31. The molecular formula is C17H21F2N5O2S. The van der Waals surface area contributed by atoms with E-state index in [9.17, 15) is 17.2 Å². The summed E-state index contributed by atoms with van der Waals surface area (Å²) in [4.78, 5) is 12.0. The molecule has 0 N–H and O–H groups in total. The minimum absolute atomic E-state index is 0.151. The number of aromatic nitrogens is 2. The van der Waals surface area contributed by atoms with Crippen molar-refractivity contribution in [2.75, 3.05) is 50.1 Å². The second kappa shape index (κ2) is 7.35. The first kappa shape index (κ1) is 19.4. The molecule has 1 fully saturated rings. The topological polar surface area (TPSA) is 69.6 Å². The highest BCUT2D eigenvalue weighted by atomic mass is 32.2. The maximum Gasteiger partial charge on any atom is 0.246 e. The van der Waals surface area contributed by atoms with Gasteiger partial charge in [-0.2, -0.15) is 4.31 Å². The lowest BCUT2D eigenvalue weighted by Gasteiger charge is -2.35. The summed E-state index contributed by atoms with van der Waals surface area (Å²) in [5.74, 6) is 0.338. The Balaban J connectivity index is 1.78. The smallest absolute Gasteiger partial charge is 0.246 e. The molecule has 0 amide bonds. The van der Waals surface area contributed by atoms with E-state index >= 15 is 0 Å². The predicted octanol–water partition coefficient (Wildman–Crippen LogP) is 1.64. The number of hydrogen-bond donors (Lipinski definition) is 0. The summed E-state index contributed by atoms with van der Waals surface area (Å²) in [5, 5.41) is 0. The molecule has 146 valence electrons. The molecule has 27 heavy (non-hydrogen) atoms. The quantitative estimate of drug-likeness (QED) is 0.781. The van der Waals surface area contributed by atoms with Crippen molar-refractivity contribution in [2.24, 2.45) is 0 Å². The average molecular weight is 397 g/mol. The van der Waals surface area contributed by atoms with Gasteiger partial charge < -0.3 is 9.80 Å². The SMILES string of the molecule is Cc1nc(N(C)C)cc(N2CCN(S(=O)(=O)c3cc(F)ccc3F)CC2)n1. The van der Waals surface area contributed by atoms with E-state index in [1.165, 1.54) is 4.31 Å². The van der Waals surface area contributed by atoms with Gasteiger partial charge in [-0.1, -0.05) is 0 Å². The van der Waals surface area contributed by atoms with Gasteiger partial charge in [0.2, 0.25) is 10.0 Å². The molecule has 7 nitrogen and oxygen atoms in total. The third-order valence-corrected chi connectivity index (χ3v) is 6.26. The van der Waals surface area contributed by atoms with Crippen molar-refractivity contribution in [3.8, 4) is 0 Å². The first-order chi connectivity index (χ1) is 12.7. The van der Waals surface area contributed by atoms with Crippen molar-refractivity contribution in [3.63, 3.8) is 0 Å². The molecule has 0 radical (unpaired) electrons. The van der Waals surface area contributed by atoms with Crippen LogP contribution in [0.25, 0.3) is 0 Å². The summed E-state index contributed by atoms with van der Waals surface area (Å²) < 4.78 is 53.8. The molecule has 1 aliphatic heterocycles. The van der Waals surface area contributed by atoms with Crippen LogP contribution in [0.5, 0.6) is 0 Å². The monoisotopic (exact) mass is 397 g/mol. The summed E-state index contributed by atoms with van der Waals surface area (Å²) in [5.41, 5.74) is 0. The third kappa shape index (κ3) is 4.01. The van der Waals surface area contributed by atoms with E-state index in [-0.39, 0.29) is 13.1 Å². The van der Waals surface area contributed by atoms with Crippen LogP contribution < -0.4 is 9.80 Å². The molecule has 10 heteroatoms. The molecule has 1 aromatic carbocycles. The lowest BCUT2D eigenvalue weighted by Crippen LogP contribution is -2.49. The Hall–Kier alpha value is -2.33. The van der Waals surface area contributed by atoms with Gasteiger partial charge in [-0.3, -0.25) is 0 Å². The van der Waals surface area contributed by atoms with Crippen molar-refractivity contribution in [1.29, 1.82) is 0 Å². The van der Waals surface area contributed by atoms with Crippen LogP contribution in [0.3, 0.4) is 0 Å². The van der Waals surface area contributed by atoms with Gasteiger partial charge in [0.15, 0.2) is 0 Å². The second-order valence-corrected chi connectivity index (χ2v) is 8.40. The third-order valence-electron chi connectivity index (χ3n) is 4.34. The predicted molar refractivity (Wildman–Crippen MR) is 98.4 cm³/mol. The van der Waals surface area contributed by atoms with Crippen LogP contribution >= 0.6 is 0 Å². The summed E-state index contributed by atoms with van der Waals surface area (Å²) in [6.45, 7) is 2.88. The second-order valence-electron chi connectivity index (χ2n) is 6.49. The zero-order valence-electron chi connectivity index (χ0n) is 15.4. The molecule has 0 bridgehead atoms. The zero-order chi connectivity index (χ0) is 19.8. The fourth-order valence-electron chi connectivity index (χ4n) is 2.90. The number of sulfonamides is 1. The summed E-state index contributed by atoms with van der Waals surface area (Å²) in [6, 6.07) is 4.27. The van der Waals surface area contributed by atoms with Gasteiger partial charge in [0.1, 0.15) is 34.0 Å². The average Bonchev–Trinajstić information content (AvgIpc) is 2.63. The van der Waals surface area contributed by atoms with Crippen molar-refractivity contribution in [3.05, 3.63) is 41.7 Å². The highest BCUT2D eigenvalue weighted by molar-refractivity contribution is 7.89. The molecule has 0 unspecified atom stereocenters. The number of anilines is 2. The molecule has 0 atom stereocenters. The molecule has 1 aromatic heterocycles. The zero-order valence-corrected chi connectivity index (χ0v) is 16.2. The number of benzene rings is 1. The van der Waals surface area contributed by atoms with Gasteiger partial charge in [0.25, 0.3) is 0 Å². The van der Waals surface area contributed by atoms with Gasteiger partial charge in [0.05, 0.1) is 0 Å². The van der Waals surface area contributed by atoms with E-state index in [1.807, 2.05) is 30.0 Å². The Labute approximate surface area is 157 Å². The number of aryl methyl sites for hydroxylation is 1. The molecule has 2 aromatic rings. The van der Waals surface area contributed by atoms with Crippen LogP contribution in [0.15, 0.2) is 29.2 Å². The van der Waals surface area contributed by atoms with E-state index in [4.69, 9.17) is 0 Å². The van der Waals surface area contributed by atoms with E-state index < -0.39 is 26.6 Å². The van der Waals surface area contributed by atoms with Crippen LogP contribution in [-0.4, -0.2) is 63.0 Å². The first-order valence-electron chi connectivity index (χ1n) is 8.41. The maximum atomic E-state index is 13.9. The molecule has 1 saturated heterocycles. The van der Waals surface area contributed by atoms with E-state index in [1.54, 1.807) is 6.92 Å². The van der Waals surface area contributed by atoms with Gasteiger partial charge in [-0.25, -0.2) is 27.2 Å². The Morgan fingerprint density at radius 2 is 1.70 bits per heavy atom. The van der Waals surface area contributed by atoms with Gasteiger partial charge in [-0.15, -0.1) is 0 Å². The standard InChI is InChI=1S/C17H21F2N5O2S/c1-12-20-16(22(2)3)11-17(21-12)23-6-8-24(9-7-23)27(25,26)15-10-13(18)4-5-14(15)19/h4-5,10-11H,6-9H2,1-3H3. The fraction of sp³-hybridized carbons (Fsp3) is 0.412. The molecule has 1 aliphatic rings. The lowest BCUT2D eigenvalue weighted by atomic mass is 10.3. The van der Waals surface area contributed by atoms with Crippen LogP contribution in [0, 0.1) is 18.6 Å². The molecule has 0 spiro atoms.